The molecule has 0 N–H and O–H groups in total. The van der Waals surface area contributed by atoms with E-state index in [1.807, 2.05) is 0 Å². The maximum atomic E-state index is 12.2. The molecule has 1 aromatic heterocycles. The Morgan fingerprint density at radius 2 is 2.10 bits per heavy atom. The van der Waals surface area contributed by atoms with Crippen LogP contribution in [0.1, 0.15) is 29.9 Å². The summed E-state index contributed by atoms with van der Waals surface area (Å²) < 4.78 is 2.79. The molecule has 1 aliphatic carbocycles. The monoisotopic (exact) mass is 396 g/mol. The number of fused-ring (bicyclic) bond motifs is 1. The van der Waals surface area contributed by atoms with Crippen molar-refractivity contribution in [2.75, 3.05) is 0 Å². The summed E-state index contributed by atoms with van der Waals surface area (Å²) in [7, 11) is 0. The second-order valence-electron chi connectivity index (χ2n) is 5.08. The van der Waals surface area contributed by atoms with Crippen LogP contribution in [0.25, 0.3) is 0 Å². The molecule has 0 saturated carbocycles. The number of nitrogens with zero attached hydrogens (tertiary/aromatic N) is 2. The van der Waals surface area contributed by atoms with Crippen LogP contribution in [0.4, 0.5) is 0 Å². The molecule has 104 valence electrons. The number of hydrogen-bond donors (Lipinski definition) is 0. The van der Waals surface area contributed by atoms with Gasteiger partial charge in [0, 0.05) is 5.92 Å². The van der Waals surface area contributed by atoms with Crippen LogP contribution >= 0.6 is 31.9 Å². The Kier molecular flexibility index (Phi) is 4.08. The van der Waals surface area contributed by atoms with E-state index in [0.29, 0.717) is 21.4 Å². The van der Waals surface area contributed by atoms with E-state index in [4.69, 9.17) is 0 Å². The zero-order valence-electron chi connectivity index (χ0n) is 10.9. The predicted molar refractivity (Wildman–Crippen MR) is 86.0 cm³/mol. The lowest BCUT2D eigenvalue weighted by Crippen LogP contribution is -2.27. The van der Waals surface area contributed by atoms with Gasteiger partial charge in [-0.1, -0.05) is 24.3 Å². The van der Waals surface area contributed by atoms with Gasteiger partial charge in [-0.15, -0.1) is 0 Å². The van der Waals surface area contributed by atoms with Gasteiger partial charge < -0.3 is 0 Å². The van der Waals surface area contributed by atoms with Crippen LogP contribution < -0.4 is 5.56 Å². The molecule has 3 nitrogen and oxygen atoms in total. The average Bonchev–Trinajstić information content (AvgIpc) is 2.48. The van der Waals surface area contributed by atoms with Gasteiger partial charge in [0.2, 0.25) is 0 Å². The molecule has 0 amide bonds. The van der Waals surface area contributed by atoms with Gasteiger partial charge in [-0.3, -0.25) is 4.79 Å². The van der Waals surface area contributed by atoms with Gasteiger partial charge in [0.15, 0.2) is 0 Å². The molecule has 0 spiro atoms. The molecular formula is C15H14Br2N2O. The highest BCUT2D eigenvalue weighted by molar-refractivity contribution is 9.13. The fourth-order valence-electron chi connectivity index (χ4n) is 2.83. The van der Waals surface area contributed by atoms with Crippen LogP contribution in [0.5, 0.6) is 0 Å². The molecule has 0 aliphatic heterocycles. The van der Waals surface area contributed by atoms with Gasteiger partial charge in [0.05, 0.1) is 17.2 Å². The van der Waals surface area contributed by atoms with Crippen molar-refractivity contribution in [3.05, 3.63) is 60.9 Å². The molecule has 0 fully saturated rings. The van der Waals surface area contributed by atoms with Crippen LogP contribution in [0, 0.1) is 0 Å². The third-order valence-electron chi connectivity index (χ3n) is 3.83. The van der Waals surface area contributed by atoms with Crippen LogP contribution in [-0.2, 0) is 13.0 Å². The molecule has 1 aromatic carbocycles. The van der Waals surface area contributed by atoms with E-state index in [1.54, 1.807) is 10.9 Å². The Balaban J connectivity index is 1.94. The number of aromatic nitrogens is 2. The summed E-state index contributed by atoms with van der Waals surface area (Å²) in [4.78, 5) is 12.2. The fraction of sp³-hybridized carbons (Fsp3) is 0.333. The number of hydrogen-bond acceptors (Lipinski definition) is 2. The highest BCUT2D eigenvalue weighted by Crippen LogP contribution is 2.32. The molecule has 2 aromatic rings. The van der Waals surface area contributed by atoms with Crippen LogP contribution in [0.3, 0.4) is 0 Å². The summed E-state index contributed by atoms with van der Waals surface area (Å²) >= 11 is 6.61. The minimum absolute atomic E-state index is 0.0811. The summed E-state index contributed by atoms with van der Waals surface area (Å²) in [6.45, 7) is 0.641. The Bertz CT molecular complexity index is 697. The molecule has 0 saturated heterocycles. The summed E-state index contributed by atoms with van der Waals surface area (Å²) in [5, 5.41) is 4.23. The van der Waals surface area contributed by atoms with Gasteiger partial charge in [0.1, 0.15) is 4.47 Å². The Hall–Kier alpha value is -0.940. The molecule has 1 atom stereocenters. The van der Waals surface area contributed by atoms with E-state index >= 15 is 0 Å². The number of benzene rings is 1. The van der Waals surface area contributed by atoms with Crippen molar-refractivity contribution in [1.82, 2.24) is 9.78 Å². The molecular weight excluding hydrogens is 384 g/mol. The van der Waals surface area contributed by atoms with Crippen LogP contribution in [-0.4, -0.2) is 9.78 Å². The van der Waals surface area contributed by atoms with Crippen LogP contribution in [0.15, 0.2) is 44.2 Å². The molecule has 1 heterocycles. The molecule has 0 bridgehead atoms. The number of rotatable bonds is 2. The molecule has 0 radical (unpaired) electrons. The largest absolute Gasteiger partial charge is 0.282 e. The Morgan fingerprint density at radius 3 is 2.95 bits per heavy atom. The topological polar surface area (TPSA) is 34.9 Å². The standard InChI is InChI=1S/C15H14Br2N2O/c16-13-8-18-19(15(20)14(13)17)9-11-6-3-5-10-4-1-2-7-12(10)11/h1-2,4,7-8,11H,3,5-6,9H2. The maximum Gasteiger partial charge on any atom is 0.282 e. The van der Waals surface area contributed by atoms with E-state index in [9.17, 15) is 4.79 Å². The maximum absolute atomic E-state index is 12.2. The average molecular weight is 398 g/mol. The minimum Gasteiger partial charge on any atom is -0.266 e. The first-order valence-corrected chi connectivity index (χ1v) is 8.24. The molecule has 1 unspecified atom stereocenters. The Morgan fingerprint density at radius 1 is 1.30 bits per heavy atom. The zero-order chi connectivity index (χ0) is 14.1. The third kappa shape index (κ3) is 2.61. The quantitative estimate of drug-likeness (QED) is 0.770. The van der Waals surface area contributed by atoms with E-state index in [2.05, 4.69) is 61.2 Å². The Labute approximate surface area is 134 Å². The normalized spacial score (nSPS) is 17.8. The van der Waals surface area contributed by atoms with Gasteiger partial charge in [-0.05, 0) is 62.2 Å². The fourth-order valence-corrected chi connectivity index (χ4v) is 3.40. The van der Waals surface area contributed by atoms with Crippen molar-refractivity contribution in [1.29, 1.82) is 0 Å². The first kappa shape index (κ1) is 14.0. The summed E-state index contributed by atoms with van der Waals surface area (Å²) in [5.74, 6) is 0.373. The van der Waals surface area contributed by atoms with Crippen LogP contribution in [0.2, 0.25) is 0 Å². The molecule has 1 aliphatic rings. The summed E-state index contributed by atoms with van der Waals surface area (Å²) in [6, 6.07) is 8.53. The number of aryl methyl sites for hydroxylation is 1. The summed E-state index contributed by atoms with van der Waals surface area (Å²) in [5.41, 5.74) is 2.70. The van der Waals surface area contributed by atoms with Gasteiger partial charge in [0.25, 0.3) is 5.56 Å². The lowest BCUT2D eigenvalue weighted by atomic mass is 9.83. The zero-order valence-corrected chi connectivity index (χ0v) is 14.0. The molecule has 3 rings (SSSR count). The second kappa shape index (κ2) is 5.82. The van der Waals surface area contributed by atoms with Crippen molar-refractivity contribution in [3.8, 4) is 0 Å². The smallest absolute Gasteiger partial charge is 0.266 e. The first-order chi connectivity index (χ1) is 9.66. The van der Waals surface area contributed by atoms with Crippen molar-refractivity contribution in [2.45, 2.75) is 31.7 Å². The lowest BCUT2D eigenvalue weighted by molar-refractivity contribution is 0.442. The van der Waals surface area contributed by atoms with Crippen molar-refractivity contribution in [2.24, 2.45) is 0 Å². The van der Waals surface area contributed by atoms with E-state index in [-0.39, 0.29) is 5.56 Å². The van der Waals surface area contributed by atoms with Crippen molar-refractivity contribution >= 4 is 31.9 Å². The SMILES string of the molecule is O=c1c(Br)c(Br)cnn1CC1CCCc2ccccc21. The lowest BCUT2D eigenvalue weighted by Gasteiger charge is -2.25. The highest BCUT2D eigenvalue weighted by Gasteiger charge is 2.21. The molecule has 20 heavy (non-hydrogen) atoms. The molecule has 5 heteroatoms. The minimum atomic E-state index is -0.0811. The summed E-state index contributed by atoms with van der Waals surface area (Å²) in [6.07, 6.45) is 5.09. The second-order valence-corrected chi connectivity index (χ2v) is 6.73. The first-order valence-electron chi connectivity index (χ1n) is 6.65. The number of halogens is 2. The van der Waals surface area contributed by atoms with E-state index in [1.165, 1.54) is 17.5 Å². The van der Waals surface area contributed by atoms with Gasteiger partial charge >= 0.3 is 0 Å². The highest BCUT2D eigenvalue weighted by atomic mass is 79.9. The van der Waals surface area contributed by atoms with Gasteiger partial charge in [-0.2, -0.15) is 5.10 Å². The van der Waals surface area contributed by atoms with E-state index in [0.717, 1.165) is 12.8 Å². The van der Waals surface area contributed by atoms with Crippen molar-refractivity contribution in [3.63, 3.8) is 0 Å². The predicted octanol–water partition coefficient (Wildman–Crippen LogP) is 3.89. The third-order valence-corrected chi connectivity index (χ3v) is 5.73. The van der Waals surface area contributed by atoms with Crippen molar-refractivity contribution < 1.29 is 0 Å². The van der Waals surface area contributed by atoms with E-state index < -0.39 is 0 Å². The van der Waals surface area contributed by atoms with Gasteiger partial charge in [-0.25, -0.2) is 4.68 Å².